The molecule has 0 bridgehead atoms. The van der Waals surface area contributed by atoms with E-state index >= 15 is 0 Å². The number of hydrogen-bond acceptors (Lipinski definition) is 6. The molecule has 2 fully saturated rings. The number of piperidine rings is 2. The van der Waals surface area contributed by atoms with E-state index in [1.807, 2.05) is 0 Å². The van der Waals surface area contributed by atoms with Gasteiger partial charge in [0.15, 0.2) is 0 Å². The highest BCUT2D eigenvalue weighted by Crippen LogP contribution is 2.25. The van der Waals surface area contributed by atoms with E-state index in [0.717, 1.165) is 38.1 Å². The molecule has 2 aliphatic rings. The largest absolute Gasteiger partial charge is 0.499 e. The van der Waals surface area contributed by atoms with Gasteiger partial charge in [-0.25, -0.2) is 0 Å². The van der Waals surface area contributed by atoms with E-state index in [2.05, 4.69) is 23.8 Å². The van der Waals surface area contributed by atoms with Crippen molar-refractivity contribution < 1.29 is 18.9 Å². The van der Waals surface area contributed by atoms with Crippen LogP contribution in [-0.4, -0.2) is 64.8 Å². The van der Waals surface area contributed by atoms with Crippen LogP contribution in [-0.2, 0) is 18.9 Å². The standard InChI is InChI=1S/C25H46N2O4/c1-3-28-16-18-30-14-10-22-8-12-26-24(20-22)6-5-7-25-21-23(9-13-27-25)11-15-31-19-17-29-4-2/h3-4,22-27H,1-2,5-21H2. The van der Waals surface area contributed by atoms with Gasteiger partial charge in [-0.2, -0.15) is 0 Å². The Bertz CT molecular complexity index is 423. The quantitative estimate of drug-likeness (QED) is 0.249. The van der Waals surface area contributed by atoms with Crippen molar-refractivity contribution in [2.75, 3.05) is 52.7 Å². The summed E-state index contributed by atoms with van der Waals surface area (Å²) in [4.78, 5) is 0. The number of hydrogen-bond donors (Lipinski definition) is 2. The van der Waals surface area contributed by atoms with Gasteiger partial charge in [-0.15, -0.1) is 0 Å². The second kappa shape index (κ2) is 17.5. The van der Waals surface area contributed by atoms with Crippen LogP contribution in [0.3, 0.4) is 0 Å². The molecular formula is C25H46N2O4. The molecule has 2 aliphatic heterocycles. The topological polar surface area (TPSA) is 61.0 Å². The Kier molecular flexibility index (Phi) is 14.8. The first-order chi connectivity index (χ1) is 15.3. The predicted molar refractivity (Wildman–Crippen MR) is 126 cm³/mol. The number of rotatable bonds is 18. The molecule has 0 aliphatic carbocycles. The Morgan fingerprint density at radius 1 is 0.645 bits per heavy atom. The lowest BCUT2D eigenvalue weighted by Crippen LogP contribution is -2.40. The van der Waals surface area contributed by atoms with Gasteiger partial charge in [0.2, 0.25) is 0 Å². The van der Waals surface area contributed by atoms with Crippen LogP contribution < -0.4 is 10.6 Å². The molecule has 0 radical (unpaired) electrons. The van der Waals surface area contributed by atoms with Crippen molar-refractivity contribution in [1.29, 1.82) is 0 Å². The lowest BCUT2D eigenvalue weighted by atomic mass is 9.85. The van der Waals surface area contributed by atoms with Gasteiger partial charge < -0.3 is 29.6 Å². The molecular weight excluding hydrogens is 392 g/mol. The Hall–Kier alpha value is -1.08. The van der Waals surface area contributed by atoms with Gasteiger partial charge in [0.1, 0.15) is 13.2 Å². The summed E-state index contributed by atoms with van der Waals surface area (Å²) in [5, 5.41) is 7.48. The minimum atomic E-state index is 0.603. The fourth-order valence-corrected chi connectivity index (χ4v) is 4.85. The van der Waals surface area contributed by atoms with Crippen molar-refractivity contribution in [3.8, 4) is 0 Å². The van der Waals surface area contributed by atoms with E-state index in [1.54, 1.807) is 0 Å². The Labute approximate surface area is 190 Å². The summed E-state index contributed by atoms with van der Waals surface area (Å²) in [6, 6.07) is 1.35. The van der Waals surface area contributed by atoms with Gasteiger partial charge in [0.25, 0.3) is 0 Å². The Balaban J connectivity index is 1.50. The van der Waals surface area contributed by atoms with Crippen LogP contribution in [0.2, 0.25) is 0 Å². The average Bonchev–Trinajstić information content (AvgIpc) is 2.79. The van der Waals surface area contributed by atoms with Crippen LogP contribution in [0.5, 0.6) is 0 Å². The first kappa shape index (κ1) is 26.2. The van der Waals surface area contributed by atoms with Crippen LogP contribution in [0.4, 0.5) is 0 Å². The van der Waals surface area contributed by atoms with E-state index in [4.69, 9.17) is 18.9 Å². The monoisotopic (exact) mass is 438 g/mol. The summed E-state index contributed by atoms with van der Waals surface area (Å²) in [6.07, 6.45) is 14.3. The third-order valence-electron chi connectivity index (χ3n) is 6.58. The highest BCUT2D eigenvalue weighted by Gasteiger charge is 2.23. The van der Waals surface area contributed by atoms with E-state index < -0.39 is 0 Å². The highest BCUT2D eigenvalue weighted by molar-refractivity contribution is 4.81. The summed E-state index contributed by atoms with van der Waals surface area (Å²) in [5.74, 6) is 1.58. The van der Waals surface area contributed by atoms with Gasteiger partial charge in [0, 0.05) is 25.3 Å². The minimum Gasteiger partial charge on any atom is -0.499 e. The lowest BCUT2D eigenvalue weighted by Gasteiger charge is -2.32. The Morgan fingerprint density at radius 2 is 1.13 bits per heavy atom. The van der Waals surface area contributed by atoms with Gasteiger partial charge in [-0.3, -0.25) is 0 Å². The van der Waals surface area contributed by atoms with Gasteiger partial charge >= 0.3 is 0 Å². The van der Waals surface area contributed by atoms with Crippen molar-refractivity contribution in [2.45, 2.75) is 69.9 Å². The second-order valence-corrected chi connectivity index (χ2v) is 8.89. The van der Waals surface area contributed by atoms with E-state index in [9.17, 15) is 0 Å². The number of nitrogens with one attached hydrogen (secondary N) is 2. The zero-order chi connectivity index (χ0) is 22.0. The maximum absolute atomic E-state index is 5.68. The van der Waals surface area contributed by atoms with Crippen LogP contribution in [0.1, 0.15) is 57.8 Å². The lowest BCUT2D eigenvalue weighted by molar-refractivity contribution is 0.0716. The summed E-state index contributed by atoms with van der Waals surface area (Å²) >= 11 is 0. The first-order valence-electron chi connectivity index (χ1n) is 12.4. The molecule has 2 heterocycles. The molecule has 6 nitrogen and oxygen atoms in total. The van der Waals surface area contributed by atoms with Crippen molar-refractivity contribution in [2.24, 2.45) is 11.8 Å². The van der Waals surface area contributed by atoms with Gasteiger partial charge in [-0.05, 0) is 76.3 Å². The zero-order valence-electron chi connectivity index (χ0n) is 19.5. The second-order valence-electron chi connectivity index (χ2n) is 8.89. The molecule has 180 valence electrons. The normalized spacial score (nSPS) is 26.3. The van der Waals surface area contributed by atoms with Crippen LogP contribution in [0.25, 0.3) is 0 Å². The fraction of sp³-hybridized carbons (Fsp3) is 0.840. The van der Waals surface area contributed by atoms with Crippen molar-refractivity contribution in [3.05, 3.63) is 25.7 Å². The molecule has 0 aromatic heterocycles. The van der Waals surface area contributed by atoms with E-state index in [1.165, 1.54) is 70.3 Å². The SMILES string of the molecule is C=COCCOCCC1CCNC(CCCC2CC(CCOCCOC=C)CCN2)C1. The van der Waals surface area contributed by atoms with Crippen molar-refractivity contribution in [1.82, 2.24) is 10.6 Å². The van der Waals surface area contributed by atoms with Crippen molar-refractivity contribution >= 4 is 0 Å². The molecule has 31 heavy (non-hydrogen) atoms. The molecule has 2 rings (SSSR count). The molecule has 0 aromatic carbocycles. The fourth-order valence-electron chi connectivity index (χ4n) is 4.85. The molecule has 6 heteroatoms. The predicted octanol–water partition coefficient (Wildman–Crippen LogP) is 4.03. The summed E-state index contributed by atoms with van der Waals surface area (Å²) in [5.41, 5.74) is 0. The zero-order valence-corrected chi connectivity index (χ0v) is 19.5. The third-order valence-corrected chi connectivity index (χ3v) is 6.58. The minimum absolute atomic E-state index is 0.603. The molecule has 4 unspecified atom stereocenters. The molecule has 0 aromatic rings. The maximum Gasteiger partial charge on any atom is 0.111 e. The summed E-state index contributed by atoms with van der Waals surface area (Å²) < 4.78 is 21.5. The Morgan fingerprint density at radius 3 is 1.58 bits per heavy atom. The first-order valence-corrected chi connectivity index (χ1v) is 12.4. The molecule has 4 atom stereocenters. The number of ether oxygens (including phenoxy) is 4. The van der Waals surface area contributed by atoms with Gasteiger partial charge in [-0.1, -0.05) is 19.6 Å². The molecule has 2 saturated heterocycles. The van der Waals surface area contributed by atoms with Crippen molar-refractivity contribution in [3.63, 3.8) is 0 Å². The maximum atomic E-state index is 5.68. The van der Waals surface area contributed by atoms with Crippen LogP contribution >= 0.6 is 0 Å². The average molecular weight is 439 g/mol. The molecule has 0 saturated carbocycles. The third kappa shape index (κ3) is 12.5. The van der Waals surface area contributed by atoms with E-state index in [0.29, 0.717) is 38.5 Å². The molecule has 0 amide bonds. The molecule has 0 spiro atoms. The summed E-state index contributed by atoms with van der Waals surface area (Å²) in [7, 11) is 0. The van der Waals surface area contributed by atoms with Crippen LogP contribution in [0.15, 0.2) is 25.7 Å². The van der Waals surface area contributed by atoms with Crippen LogP contribution in [0, 0.1) is 11.8 Å². The van der Waals surface area contributed by atoms with Gasteiger partial charge in [0.05, 0.1) is 25.7 Å². The highest BCUT2D eigenvalue weighted by atomic mass is 16.5. The molecule has 2 N–H and O–H groups in total. The summed E-state index contributed by atoms with van der Waals surface area (Å²) in [6.45, 7) is 13.6. The van der Waals surface area contributed by atoms with E-state index in [-0.39, 0.29) is 0 Å². The smallest absolute Gasteiger partial charge is 0.111 e.